The van der Waals surface area contributed by atoms with Crippen LogP contribution in [0.5, 0.6) is 6.01 Å². The van der Waals surface area contributed by atoms with E-state index in [0.29, 0.717) is 45.4 Å². The van der Waals surface area contributed by atoms with E-state index in [0.717, 1.165) is 48.7 Å². The van der Waals surface area contributed by atoms with Crippen molar-refractivity contribution in [2.24, 2.45) is 0 Å². The van der Waals surface area contributed by atoms with Gasteiger partial charge in [-0.3, -0.25) is 4.90 Å². The minimum absolute atomic E-state index is 0.0625. The summed E-state index contributed by atoms with van der Waals surface area (Å²) in [5, 5.41) is 2.42. The van der Waals surface area contributed by atoms with Crippen LogP contribution in [0, 0.1) is 6.57 Å². The molecular formula is C37H41N7O4. The van der Waals surface area contributed by atoms with Crippen molar-refractivity contribution in [3.8, 4) is 6.01 Å². The number of benzene rings is 3. The number of likely N-dealkylation sites (N-methyl/N-ethyl adjacent to an activating group) is 1. The second-order valence-electron chi connectivity index (χ2n) is 12.7. The number of nitrogens with zero attached hydrogens (tertiary/aromatic N) is 7. The van der Waals surface area contributed by atoms with Crippen molar-refractivity contribution in [1.29, 1.82) is 0 Å². The molecule has 3 aliphatic heterocycles. The maximum Gasteiger partial charge on any atom is 0.410 e. The molecule has 2 saturated heterocycles. The van der Waals surface area contributed by atoms with Gasteiger partial charge in [0.1, 0.15) is 31.2 Å². The van der Waals surface area contributed by atoms with E-state index in [1.165, 1.54) is 16.5 Å². The molecule has 11 heteroatoms. The lowest BCUT2D eigenvalue weighted by Gasteiger charge is -2.40. The molecule has 0 spiro atoms. The summed E-state index contributed by atoms with van der Waals surface area (Å²) in [6, 6.07) is 24.5. The maximum atomic E-state index is 13.2. The van der Waals surface area contributed by atoms with Gasteiger partial charge < -0.3 is 33.8 Å². The van der Waals surface area contributed by atoms with Crippen LogP contribution in [0.1, 0.15) is 16.8 Å². The highest BCUT2D eigenvalue weighted by Crippen LogP contribution is 2.35. The highest BCUT2D eigenvalue weighted by Gasteiger charge is 2.36. The molecule has 48 heavy (non-hydrogen) atoms. The van der Waals surface area contributed by atoms with Crippen molar-refractivity contribution in [1.82, 2.24) is 19.8 Å². The minimum atomic E-state index is -0.399. The number of amides is 1. The minimum Gasteiger partial charge on any atom is -0.461 e. The van der Waals surface area contributed by atoms with Gasteiger partial charge in [-0.15, -0.1) is 0 Å². The lowest BCUT2D eigenvalue weighted by atomic mass is 10.0. The van der Waals surface area contributed by atoms with E-state index in [1.807, 2.05) is 30.3 Å². The van der Waals surface area contributed by atoms with Crippen molar-refractivity contribution in [2.75, 3.05) is 75.9 Å². The summed E-state index contributed by atoms with van der Waals surface area (Å²) < 4.78 is 17.9. The molecule has 3 aliphatic rings. The predicted octanol–water partition coefficient (Wildman–Crippen LogP) is 4.65. The molecule has 0 bridgehead atoms. The van der Waals surface area contributed by atoms with E-state index in [2.05, 4.69) is 69.1 Å². The second-order valence-corrected chi connectivity index (χ2v) is 12.7. The molecule has 3 aromatic carbocycles. The number of hydrogen-bond acceptors (Lipinski definition) is 9. The van der Waals surface area contributed by atoms with Crippen LogP contribution in [0.4, 0.5) is 16.3 Å². The third-order valence-corrected chi connectivity index (χ3v) is 9.39. The Labute approximate surface area is 281 Å². The number of piperazine rings is 1. The number of carbonyl (C=O) groups is 1. The van der Waals surface area contributed by atoms with E-state index in [9.17, 15) is 4.79 Å². The molecule has 248 valence electrons. The highest BCUT2D eigenvalue weighted by molar-refractivity contribution is 5.94. The van der Waals surface area contributed by atoms with Crippen molar-refractivity contribution >= 4 is 28.4 Å². The molecule has 1 unspecified atom stereocenters. The van der Waals surface area contributed by atoms with Crippen molar-refractivity contribution in [3.63, 3.8) is 0 Å². The third-order valence-electron chi connectivity index (χ3n) is 9.39. The molecular weight excluding hydrogens is 606 g/mol. The zero-order valence-electron chi connectivity index (χ0n) is 27.3. The molecule has 11 nitrogen and oxygen atoms in total. The van der Waals surface area contributed by atoms with Gasteiger partial charge in [0, 0.05) is 55.9 Å². The summed E-state index contributed by atoms with van der Waals surface area (Å²) in [4.78, 5) is 35.4. The van der Waals surface area contributed by atoms with E-state index >= 15 is 0 Å². The zero-order valence-corrected chi connectivity index (χ0v) is 27.3. The summed E-state index contributed by atoms with van der Waals surface area (Å²) in [5.74, 6) is 0.821. The van der Waals surface area contributed by atoms with Crippen LogP contribution in [0.3, 0.4) is 0 Å². The lowest BCUT2D eigenvalue weighted by molar-refractivity contribution is -0.0417. The largest absolute Gasteiger partial charge is 0.461 e. The van der Waals surface area contributed by atoms with Gasteiger partial charge in [0.05, 0.1) is 18.8 Å². The molecule has 0 radical (unpaired) electrons. The molecule has 7 rings (SSSR count). The Morgan fingerprint density at radius 1 is 0.958 bits per heavy atom. The standard InChI is InChI=1S/C37H41N7O4/c1-38-21-29-22-43(17-18-44(29)37(45)48-25-27-9-4-3-5-10-27)35-32-15-16-42(34-14-8-12-28-11-6-7-13-31(28)34)24-33(32)39-36(40-35)47-26-30-23-41(2)19-20-46-30/h3-14,29-30H,15-26H2,2H3/t29?,30-/m0/s1. The van der Waals surface area contributed by atoms with Gasteiger partial charge in [0.2, 0.25) is 6.54 Å². The van der Waals surface area contributed by atoms with E-state index < -0.39 is 6.09 Å². The van der Waals surface area contributed by atoms with Gasteiger partial charge >= 0.3 is 12.1 Å². The fraction of sp³-hybridized carbons (Fsp3) is 0.405. The van der Waals surface area contributed by atoms with Crippen LogP contribution in [0.2, 0.25) is 0 Å². The predicted molar refractivity (Wildman–Crippen MR) is 184 cm³/mol. The molecule has 1 amide bonds. The Morgan fingerprint density at radius 2 is 1.79 bits per heavy atom. The fourth-order valence-electron chi connectivity index (χ4n) is 6.89. The van der Waals surface area contributed by atoms with Crippen LogP contribution in [-0.4, -0.2) is 104 Å². The first-order valence-electron chi connectivity index (χ1n) is 16.7. The number of carbonyl (C=O) groups excluding carboxylic acids is 1. The Morgan fingerprint density at radius 3 is 2.65 bits per heavy atom. The Kier molecular flexibility index (Phi) is 9.54. The van der Waals surface area contributed by atoms with Gasteiger partial charge in [-0.25, -0.2) is 11.4 Å². The smallest absolute Gasteiger partial charge is 0.410 e. The zero-order chi connectivity index (χ0) is 32.9. The van der Waals surface area contributed by atoms with Gasteiger partial charge in [-0.2, -0.15) is 9.97 Å². The quantitative estimate of drug-likeness (QED) is 0.254. The molecule has 4 heterocycles. The van der Waals surface area contributed by atoms with Crippen LogP contribution in [-0.2, 0) is 29.0 Å². The second kappa shape index (κ2) is 14.5. The molecule has 0 N–H and O–H groups in total. The molecule has 0 saturated carbocycles. The summed E-state index contributed by atoms with van der Waals surface area (Å²) in [7, 11) is 2.08. The molecule has 2 atom stereocenters. The monoisotopic (exact) mass is 647 g/mol. The number of morpholine rings is 1. The van der Waals surface area contributed by atoms with Crippen molar-refractivity contribution in [2.45, 2.75) is 31.7 Å². The molecule has 0 aliphatic carbocycles. The normalized spacial score (nSPS) is 19.9. The first-order chi connectivity index (χ1) is 23.6. The summed E-state index contributed by atoms with van der Waals surface area (Å²) in [6.45, 7) is 13.6. The number of ether oxygens (including phenoxy) is 3. The van der Waals surface area contributed by atoms with Crippen LogP contribution < -0.4 is 14.5 Å². The Hall–Kier alpha value is -4.92. The van der Waals surface area contributed by atoms with Crippen molar-refractivity contribution < 1.29 is 19.0 Å². The number of fused-ring (bicyclic) bond motifs is 2. The van der Waals surface area contributed by atoms with Gasteiger partial charge in [-0.05, 0) is 30.5 Å². The number of aromatic nitrogens is 2. The highest BCUT2D eigenvalue weighted by atomic mass is 16.6. The number of hydrogen-bond donors (Lipinski definition) is 0. The van der Waals surface area contributed by atoms with Crippen molar-refractivity contribution in [3.05, 3.63) is 101 Å². The fourth-order valence-corrected chi connectivity index (χ4v) is 6.89. The SMILES string of the molecule is [C-]#[N+]CC1CN(c2nc(OC[C@@H]3CN(C)CCO3)nc3c2CCN(c2cccc4ccccc24)C3)CCN1C(=O)OCc1ccccc1. The summed E-state index contributed by atoms with van der Waals surface area (Å²) in [6.07, 6.45) is 0.300. The first kappa shape index (κ1) is 31.7. The van der Waals surface area contributed by atoms with E-state index in [-0.39, 0.29) is 25.3 Å². The van der Waals surface area contributed by atoms with Gasteiger partial charge in [0.15, 0.2) is 0 Å². The number of anilines is 2. The van der Waals surface area contributed by atoms with Gasteiger partial charge in [-0.1, -0.05) is 66.7 Å². The molecule has 2 fully saturated rings. The lowest BCUT2D eigenvalue weighted by Crippen LogP contribution is -2.57. The van der Waals surface area contributed by atoms with Crippen LogP contribution in [0.25, 0.3) is 15.6 Å². The third kappa shape index (κ3) is 7.00. The molecule has 4 aromatic rings. The van der Waals surface area contributed by atoms with Gasteiger partial charge in [0.25, 0.3) is 0 Å². The average molecular weight is 648 g/mol. The van der Waals surface area contributed by atoms with E-state index in [4.69, 9.17) is 30.8 Å². The van der Waals surface area contributed by atoms with Crippen LogP contribution in [0.15, 0.2) is 72.8 Å². The average Bonchev–Trinajstić information content (AvgIpc) is 3.13. The summed E-state index contributed by atoms with van der Waals surface area (Å²) in [5.41, 5.74) is 4.13. The number of rotatable bonds is 8. The maximum absolute atomic E-state index is 13.2. The Balaban J connectivity index is 1.14. The topological polar surface area (TPSA) is 87.9 Å². The van der Waals surface area contributed by atoms with E-state index in [1.54, 1.807) is 4.90 Å². The first-order valence-corrected chi connectivity index (χ1v) is 16.7. The molecule has 1 aromatic heterocycles. The summed E-state index contributed by atoms with van der Waals surface area (Å²) >= 11 is 0. The van der Waals surface area contributed by atoms with Crippen LogP contribution >= 0.6 is 0 Å². The Bertz CT molecular complexity index is 1780.